The van der Waals surface area contributed by atoms with Gasteiger partial charge in [-0.05, 0) is 30.5 Å². The zero-order chi connectivity index (χ0) is 15.3. The molecule has 1 amide bonds. The van der Waals surface area contributed by atoms with Crippen LogP contribution in [-0.2, 0) is 15.0 Å². The number of hydrogen-bond acceptors (Lipinski definition) is 3. The van der Waals surface area contributed by atoms with Crippen molar-refractivity contribution in [3.05, 3.63) is 29.8 Å². The second-order valence-electron chi connectivity index (χ2n) is 5.82. The van der Waals surface area contributed by atoms with E-state index in [1.807, 2.05) is 12.1 Å². The highest BCUT2D eigenvalue weighted by molar-refractivity contribution is 5.76. The van der Waals surface area contributed by atoms with E-state index in [1.165, 1.54) is 37.0 Å². The highest BCUT2D eigenvalue weighted by Crippen LogP contribution is 2.43. The van der Waals surface area contributed by atoms with Crippen LogP contribution in [0.1, 0.15) is 44.1 Å². The Morgan fingerprint density at radius 1 is 1.14 bits per heavy atom. The molecule has 0 unspecified atom stereocenters. The molecule has 2 rings (SSSR count). The first-order valence-electron chi connectivity index (χ1n) is 7.56. The van der Waals surface area contributed by atoms with Crippen molar-refractivity contribution < 1.29 is 14.4 Å². The van der Waals surface area contributed by atoms with Gasteiger partial charge in [-0.2, -0.15) is 0 Å². The molecule has 1 saturated carbocycles. The van der Waals surface area contributed by atoms with E-state index < -0.39 is 0 Å². The molecule has 4 nitrogen and oxygen atoms in total. The fourth-order valence-electron chi connectivity index (χ4n) is 3.24. The molecule has 1 fully saturated rings. The van der Waals surface area contributed by atoms with Gasteiger partial charge in [0, 0.05) is 18.9 Å². The summed E-state index contributed by atoms with van der Waals surface area (Å²) in [4.78, 5) is 17.4. The largest absolute Gasteiger partial charge is 0.497 e. The Morgan fingerprint density at radius 3 is 2.29 bits per heavy atom. The highest BCUT2D eigenvalue weighted by atomic mass is 16.7. The third-order valence-corrected chi connectivity index (χ3v) is 4.63. The maximum Gasteiger partial charge on any atom is 0.246 e. The Bertz CT molecular complexity index is 463. The number of hydroxylamine groups is 2. The predicted octanol–water partition coefficient (Wildman–Crippen LogP) is 3.31. The van der Waals surface area contributed by atoms with E-state index in [9.17, 15) is 4.79 Å². The van der Waals surface area contributed by atoms with Gasteiger partial charge < -0.3 is 4.74 Å². The maximum atomic E-state index is 12.3. The zero-order valence-electron chi connectivity index (χ0n) is 13.2. The van der Waals surface area contributed by atoms with Gasteiger partial charge in [-0.25, -0.2) is 5.06 Å². The Kier molecular flexibility index (Phi) is 5.23. The minimum Gasteiger partial charge on any atom is -0.497 e. The molecule has 1 aromatic rings. The van der Waals surface area contributed by atoms with Crippen molar-refractivity contribution in [3.8, 4) is 5.75 Å². The molecule has 0 saturated heterocycles. The van der Waals surface area contributed by atoms with Crippen LogP contribution in [-0.4, -0.2) is 32.2 Å². The first-order valence-corrected chi connectivity index (χ1v) is 7.56. The van der Waals surface area contributed by atoms with Crippen molar-refractivity contribution in [1.29, 1.82) is 0 Å². The van der Waals surface area contributed by atoms with Crippen LogP contribution in [0.3, 0.4) is 0 Å². The Hall–Kier alpha value is -1.55. The molecule has 0 aromatic heterocycles. The zero-order valence-corrected chi connectivity index (χ0v) is 13.2. The molecule has 1 aliphatic rings. The molecule has 21 heavy (non-hydrogen) atoms. The van der Waals surface area contributed by atoms with Gasteiger partial charge in [-0.1, -0.05) is 31.4 Å². The summed E-state index contributed by atoms with van der Waals surface area (Å²) in [5.41, 5.74) is 1.18. The number of nitrogens with zero attached hydrogens (tertiary/aromatic N) is 1. The summed E-state index contributed by atoms with van der Waals surface area (Å²) < 4.78 is 5.23. The molecule has 0 bridgehead atoms. The number of carbonyl (C=O) groups excluding carboxylic acids is 1. The van der Waals surface area contributed by atoms with Crippen LogP contribution in [0.15, 0.2) is 24.3 Å². The van der Waals surface area contributed by atoms with Gasteiger partial charge in [0.25, 0.3) is 0 Å². The lowest BCUT2D eigenvalue weighted by atomic mass is 9.67. The number of rotatable bonds is 5. The Labute approximate surface area is 127 Å². The fraction of sp³-hybridized carbons (Fsp3) is 0.588. The van der Waals surface area contributed by atoms with Crippen molar-refractivity contribution in [2.24, 2.45) is 0 Å². The smallest absolute Gasteiger partial charge is 0.246 e. The fourth-order valence-corrected chi connectivity index (χ4v) is 3.24. The van der Waals surface area contributed by atoms with Gasteiger partial charge in [0.2, 0.25) is 5.91 Å². The quantitative estimate of drug-likeness (QED) is 0.781. The SMILES string of the molecule is COc1ccc(C2(CC(=O)N(C)OC)CCCCC2)cc1. The Morgan fingerprint density at radius 2 is 1.76 bits per heavy atom. The second-order valence-corrected chi connectivity index (χ2v) is 5.82. The predicted molar refractivity (Wildman–Crippen MR) is 82.2 cm³/mol. The third-order valence-electron chi connectivity index (χ3n) is 4.63. The number of methoxy groups -OCH3 is 1. The molecule has 0 radical (unpaired) electrons. The maximum absolute atomic E-state index is 12.3. The molecule has 0 atom stereocenters. The standard InChI is InChI=1S/C17H25NO3/c1-18(21-3)16(19)13-17(11-5-4-6-12-17)14-7-9-15(20-2)10-8-14/h7-10H,4-6,11-13H2,1-3H3. The highest BCUT2D eigenvalue weighted by Gasteiger charge is 2.36. The second kappa shape index (κ2) is 6.94. The number of carbonyl (C=O) groups is 1. The third kappa shape index (κ3) is 3.56. The first kappa shape index (κ1) is 15.8. The molecular weight excluding hydrogens is 266 g/mol. The van der Waals surface area contributed by atoms with E-state index in [0.29, 0.717) is 6.42 Å². The molecule has 0 N–H and O–H groups in total. The number of amides is 1. The number of ether oxygens (including phenoxy) is 1. The van der Waals surface area contributed by atoms with Crippen molar-refractivity contribution >= 4 is 5.91 Å². The Balaban J connectivity index is 2.25. The minimum atomic E-state index is -0.0611. The van der Waals surface area contributed by atoms with Crippen molar-refractivity contribution in [2.45, 2.75) is 43.9 Å². The molecular formula is C17H25NO3. The normalized spacial score (nSPS) is 17.3. The van der Waals surface area contributed by atoms with Crippen LogP contribution in [0, 0.1) is 0 Å². The summed E-state index contributed by atoms with van der Waals surface area (Å²) in [6, 6.07) is 8.17. The van der Waals surface area contributed by atoms with E-state index in [4.69, 9.17) is 9.57 Å². The summed E-state index contributed by atoms with van der Waals surface area (Å²) in [5.74, 6) is 0.889. The van der Waals surface area contributed by atoms with Crippen molar-refractivity contribution in [2.75, 3.05) is 21.3 Å². The minimum absolute atomic E-state index is 0.0372. The average molecular weight is 291 g/mol. The number of hydrogen-bond donors (Lipinski definition) is 0. The monoisotopic (exact) mass is 291 g/mol. The van der Waals surface area contributed by atoms with Gasteiger partial charge in [-0.15, -0.1) is 0 Å². The van der Waals surface area contributed by atoms with E-state index in [1.54, 1.807) is 14.2 Å². The van der Waals surface area contributed by atoms with Gasteiger partial charge >= 0.3 is 0 Å². The van der Waals surface area contributed by atoms with E-state index >= 15 is 0 Å². The lowest BCUT2D eigenvalue weighted by molar-refractivity contribution is -0.170. The summed E-state index contributed by atoms with van der Waals surface area (Å²) in [6.45, 7) is 0. The van der Waals surface area contributed by atoms with Crippen LogP contribution in [0.25, 0.3) is 0 Å². The molecule has 1 aliphatic carbocycles. The van der Waals surface area contributed by atoms with E-state index in [-0.39, 0.29) is 11.3 Å². The molecule has 4 heteroatoms. The van der Waals surface area contributed by atoms with E-state index in [0.717, 1.165) is 18.6 Å². The summed E-state index contributed by atoms with van der Waals surface area (Å²) in [7, 11) is 4.87. The lowest BCUT2D eigenvalue weighted by Crippen LogP contribution is -2.37. The molecule has 0 aliphatic heterocycles. The molecule has 0 heterocycles. The summed E-state index contributed by atoms with van der Waals surface area (Å²) in [5, 5.41) is 1.33. The van der Waals surface area contributed by atoms with Crippen LogP contribution in [0.2, 0.25) is 0 Å². The number of benzene rings is 1. The van der Waals surface area contributed by atoms with Crippen molar-refractivity contribution in [3.63, 3.8) is 0 Å². The van der Waals surface area contributed by atoms with Crippen LogP contribution in [0.5, 0.6) is 5.75 Å². The van der Waals surface area contributed by atoms with Crippen LogP contribution >= 0.6 is 0 Å². The van der Waals surface area contributed by atoms with E-state index in [2.05, 4.69) is 12.1 Å². The lowest BCUT2D eigenvalue weighted by Gasteiger charge is -2.38. The topological polar surface area (TPSA) is 38.8 Å². The average Bonchev–Trinajstić information content (AvgIpc) is 2.55. The van der Waals surface area contributed by atoms with Crippen LogP contribution in [0.4, 0.5) is 0 Å². The van der Waals surface area contributed by atoms with Crippen molar-refractivity contribution in [1.82, 2.24) is 5.06 Å². The van der Waals surface area contributed by atoms with Gasteiger partial charge in [0.05, 0.1) is 14.2 Å². The van der Waals surface area contributed by atoms with Gasteiger partial charge in [-0.3, -0.25) is 9.63 Å². The van der Waals surface area contributed by atoms with Gasteiger partial charge in [0.1, 0.15) is 5.75 Å². The van der Waals surface area contributed by atoms with Crippen LogP contribution < -0.4 is 4.74 Å². The molecule has 116 valence electrons. The summed E-state index contributed by atoms with van der Waals surface area (Å²) in [6.07, 6.45) is 6.23. The van der Waals surface area contributed by atoms with Gasteiger partial charge in [0.15, 0.2) is 0 Å². The summed E-state index contributed by atoms with van der Waals surface area (Å²) >= 11 is 0. The molecule has 1 aromatic carbocycles. The first-order chi connectivity index (χ1) is 10.1. The molecule has 0 spiro atoms.